The number of fused-ring (bicyclic) bond motifs is 9. The molecule has 300 valence electrons. The first-order valence-electron chi connectivity index (χ1n) is 23.6. The lowest BCUT2D eigenvalue weighted by Crippen LogP contribution is -2.28. The van der Waals surface area contributed by atoms with Crippen LogP contribution >= 0.6 is 22.7 Å². The highest BCUT2D eigenvalue weighted by atomic mass is 32.1. The first kappa shape index (κ1) is 33.1. The van der Waals surface area contributed by atoms with E-state index >= 15 is 0 Å². The van der Waals surface area contributed by atoms with Crippen molar-refractivity contribution in [2.24, 2.45) is 0 Å². The molecule has 0 unspecified atom stereocenters. The van der Waals surface area contributed by atoms with Gasteiger partial charge in [-0.05, 0) is 116 Å². The van der Waals surface area contributed by atoms with Crippen LogP contribution in [0.1, 0.15) is 27.7 Å². The highest BCUT2D eigenvalue weighted by Gasteiger charge is 2.46. The van der Waals surface area contributed by atoms with E-state index < -0.39 is 5.41 Å². The molecule has 2 heterocycles. The zero-order chi connectivity index (χ0) is 45.7. The minimum Gasteiger partial charge on any atom is -0.310 e. The lowest BCUT2D eigenvalue weighted by atomic mass is 9.67. The van der Waals surface area contributed by atoms with Gasteiger partial charge in [0.15, 0.2) is 0 Å². The van der Waals surface area contributed by atoms with Crippen molar-refractivity contribution in [2.45, 2.75) is 5.41 Å². The second-order valence-electron chi connectivity index (χ2n) is 16.5. The molecule has 10 aromatic carbocycles. The Morgan fingerprint density at radius 2 is 0.906 bits per heavy atom. The minimum absolute atomic E-state index is 0.0885. The summed E-state index contributed by atoms with van der Waals surface area (Å²) in [5.74, 6) is 0. The van der Waals surface area contributed by atoms with Crippen LogP contribution in [0.2, 0.25) is 0 Å². The van der Waals surface area contributed by atoms with Gasteiger partial charge in [0.05, 0.1) is 10.9 Å². The fraction of sp³-hybridized carbons (Fsp3) is 0.0164. The third-order valence-corrected chi connectivity index (χ3v) is 15.4. The van der Waals surface area contributed by atoms with Crippen LogP contribution in [0.15, 0.2) is 236 Å². The topological polar surface area (TPSA) is 3.24 Å². The van der Waals surface area contributed by atoms with Crippen molar-refractivity contribution in [2.75, 3.05) is 4.90 Å². The molecule has 0 bridgehead atoms. The predicted molar refractivity (Wildman–Crippen MR) is 275 cm³/mol. The highest BCUT2D eigenvalue weighted by Crippen LogP contribution is 2.57. The van der Waals surface area contributed by atoms with Gasteiger partial charge in [-0.25, -0.2) is 0 Å². The largest absolute Gasteiger partial charge is 0.310 e. The summed E-state index contributed by atoms with van der Waals surface area (Å²) in [4.78, 5) is 1.94. The Morgan fingerprint density at radius 3 is 1.66 bits per heavy atom. The molecule has 1 nitrogen and oxygen atoms in total. The fourth-order valence-corrected chi connectivity index (χ4v) is 12.5. The van der Waals surface area contributed by atoms with E-state index in [0.29, 0.717) is 5.56 Å². The van der Waals surface area contributed by atoms with Gasteiger partial charge in [-0.15, -0.1) is 22.7 Å². The predicted octanol–water partition coefficient (Wildman–Crippen LogP) is 17.6. The van der Waals surface area contributed by atoms with Crippen molar-refractivity contribution in [3.8, 4) is 33.4 Å². The van der Waals surface area contributed by atoms with Gasteiger partial charge in [-0.1, -0.05) is 176 Å². The summed E-state index contributed by atoms with van der Waals surface area (Å²) < 4.78 is 44.0. The Labute approximate surface area is 386 Å². The number of hydrogen-bond donors (Lipinski definition) is 0. The molecule has 2 aromatic heterocycles. The Balaban J connectivity index is 1.04. The molecule has 0 atom stereocenters. The maximum atomic E-state index is 9.91. The molecule has 12 aromatic rings. The van der Waals surface area contributed by atoms with Gasteiger partial charge >= 0.3 is 0 Å². The van der Waals surface area contributed by atoms with Gasteiger partial charge in [0.1, 0.15) is 0 Å². The van der Waals surface area contributed by atoms with Crippen LogP contribution in [0.4, 0.5) is 17.1 Å². The molecule has 3 heteroatoms. The maximum Gasteiger partial charge on any atom is 0.0714 e. The van der Waals surface area contributed by atoms with Crippen molar-refractivity contribution in [1.29, 1.82) is 0 Å². The Bertz CT molecular complexity index is 3900. The van der Waals surface area contributed by atoms with Crippen LogP contribution < -0.4 is 4.90 Å². The molecule has 1 aliphatic carbocycles. The molecule has 0 saturated heterocycles. The van der Waals surface area contributed by atoms with Crippen molar-refractivity contribution >= 4 is 80.1 Å². The van der Waals surface area contributed by atoms with Crippen molar-refractivity contribution in [3.63, 3.8) is 0 Å². The molecule has 0 aliphatic heterocycles. The Kier molecular flexibility index (Phi) is 7.63. The Morgan fingerprint density at radius 1 is 0.344 bits per heavy atom. The SMILES string of the molecule is [2H]c1c([2H])c(N(c2ccc(-c3cccc4c3sc3ccccc34)cc2)c2ccc3c(c2)C(c2ccccc2)(c2ccccc2)c2ccccc2-3)c([2H])c([2H])c1-c1ccc2sc3ccccc3c2c1. The quantitative estimate of drug-likeness (QED) is 0.154. The van der Waals surface area contributed by atoms with E-state index in [0.717, 1.165) is 70.5 Å². The average molecular weight is 854 g/mol. The van der Waals surface area contributed by atoms with E-state index in [1.807, 2.05) is 35.2 Å². The van der Waals surface area contributed by atoms with Crippen LogP contribution in [-0.2, 0) is 5.41 Å². The smallest absolute Gasteiger partial charge is 0.0714 e. The highest BCUT2D eigenvalue weighted by molar-refractivity contribution is 7.26. The average Bonchev–Trinajstić information content (AvgIpc) is 4.06. The molecular weight excluding hydrogens is 811 g/mol. The zero-order valence-electron chi connectivity index (χ0n) is 38.5. The second-order valence-corrected chi connectivity index (χ2v) is 18.6. The van der Waals surface area contributed by atoms with E-state index in [-0.39, 0.29) is 35.4 Å². The summed E-state index contributed by atoms with van der Waals surface area (Å²) in [5.41, 5.74) is 10.8. The molecule has 0 amide bonds. The number of benzene rings is 10. The summed E-state index contributed by atoms with van der Waals surface area (Å²) in [5, 5.41) is 4.62. The van der Waals surface area contributed by atoms with Gasteiger partial charge in [0.25, 0.3) is 0 Å². The molecule has 64 heavy (non-hydrogen) atoms. The van der Waals surface area contributed by atoms with Gasteiger partial charge in [-0.3, -0.25) is 0 Å². The van der Waals surface area contributed by atoms with E-state index in [1.54, 1.807) is 22.7 Å². The second kappa shape index (κ2) is 14.8. The van der Waals surface area contributed by atoms with Crippen molar-refractivity contribution in [3.05, 3.63) is 259 Å². The van der Waals surface area contributed by atoms with E-state index in [4.69, 9.17) is 0 Å². The fourth-order valence-electron chi connectivity index (χ4n) is 10.2. The summed E-state index contributed by atoms with van der Waals surface area (Å²) in [6.45, 7) is 0. The lowest BCUT2D eigenvalue weighted by molar-refractivity contribution is 0.768. The van der Waals surface area contributed by atoms with Crippen LogP contribution in [0.5, 0.6) is 0 Å². The van der Waals surface area contributed by atoms with Crippen LogP contribution in [-0.4, -0.2) is 0 Å². The summed E-state index contributed by atoms with van der Waals surface area (Å²) in [6, 6.07) is 73.7. The minimum atomic E-state index is -0.688. The van der Waals surface area contributed by atoms with Gasteiger partial charge < -0.3 is 4.90 Å². The van der Waals surface area contributed by atoms with Crippen molar-refractivity contribution < 1.29 is 5.48 Å². The number of anilines is 3. The standard InChI is InChI=1S/C61H39NS2/c1-3-14-43(15-4-1)61(44-16-5-2-6-17-44)55-23-10-7-18-49(55)50-36-35-47(39-56(50)61)62(45-31-26-40(27-32-45)42-30-37-59-54(38-42)52-20-9-11-24-57(52)63-59)46-33-28-41(29-34-46)48-21-13-22-53-51-19-8-12-25-58(51)64-60(48)53/h1-39H/i26D,27D,31D,32D. The number of nitrogens with zero attached hydrogens (tertiary/aromatic N) is 1. The molecule has 0 spiro atoms. The molecular formula is C61H39NS2. The summed E-state index contributed by atoms with van der Waals surface area (Å²) in [6.07, 6.45) is 0. The number of thiophene rings is 2. The lowest BCUT2D eigenvalue weighted by Gasteiger charge is -2.35. The normalized spacial score (nSPS) is 13.7. The van der Waals surface area contributed by atoms with Crippen LogP contribution in [0.25, 0.3) is 73.7 Å². The Hall–Kier alpha value is -7.56. The number of hydrogen-bond acceptors (Lipinski definition) is 3. The summed E-state index contributed by atoms with van der Waals surface area (Å²) >= 11 is 3.51. The molecule has 0 N–H and O–H groups in total. The first-order chi connectivity index (χ1) is 33.4. The molecule has 0 saturated carbocycles. The van der Waals surface area contributed by atoms with E-state index in [2.05, 4.69) is 182 Å². The number of rotatable bonds is 7. The maximum absolute atomic E-state index is 9.91. The summed E-state index contributed by atoms with van der Waals surface area (Å²) in [7, 11) is 0. The monoisotopic (exact) mass is 853 g/mol. The molecule has 0 fully saturated rings. The van der Waals surface area contributed by atoms with Crippen LogP contribution in [0, 0.1) is 0 Å². The van der Waals surface area contributed by atoms with Gasteiger partial charge in [-0.2, -0.15) is 0 Å². The van der Waals surface area contributed by atoms with Gasteiger partial charge in [0, 0.05) is 57.4 Å². The molecule has 0 radical (unpaired) electrons. The third-order valence-electron chi connectivity index (χ3n) is 13.0. The van der Waals surface area contributed by atoms with E-state index in [9.17, 15) is 5.48 Å². The molecule has 13 rings (SSSR count). The van der Waals surface area contributed by atoms with Crippen LogP contribution in [0.3, 0.4) is 0 Å². The van der Waals surface area contributed by atoms with Crippen molar-refractivity contribution in [1.82, 2.24) is 0 Å². The first-order valence-corrected chi connectivity index (χ1v) is 23.2. The molecule has 1 aliphatic rings. The zero-order valence-corrected chi connectivity index (χ0v) is 36.1. The van der Waals surface area contributed by atoms with Gasteiger partial charge in [0.2, 0.25) is 0 Å². The van der Waals surface area contributed by atoms with E-state index in [1.165, 1.54) is 25.7 Å². The third kappa shape index (κ3) is 5.68.